The minimum Gasteiger partial charge on any atom is -0.381 e. The van der Waals surface area contributed by atoms with E-state index in [4.69, 9.17) is 4.74 Å². The molecule has 2 fully saturated rings. The lowest BCUT2D eigenvalue weighted by Gasteiger charge is -2.30. The van der Waals surface area contributed by atoms with E-state index in [2.05, 4.69) is 9.71 Å². The first-order valence-corrected chi connectivity index (χ1v) is 9.26. The van der Waals surface area contributed by atoms with Gasteiger partial charge < -0.3 is 9.30 Å². The van der Waals surface area contributed by atoms with E-state index in [9.17, 15) is 8.42 Å². The molecule has 1 aromatic heterocycles. The summed E-state index contributed by atoms with van der Waals surface area (Å²) in [5.74, 6) is 1.08. The maximum atomic E-state index is 12.4. The van der Waals surface area contributed by atoms with Crippen LogP contribution in [0.5, 0.6) is 0 Å². The van der Waals surface area contributed by atoms with Gasteiger partial charge >= 0.3 is 0 Å². The Kier molecular flexibility index (Phi) is 4.33. The molecular weight excluding hydrogens is 290 g/mol. The van der Waals surface area contributed by atoms with Crippen molar-refractivity contribution in [3.05, 3.63) is 18.2 Å². The van der Waals surface area contributed by atoms with Gasteiger partial charge in [0.25, 0.3) is 0 Å². The number of aromatic nitrogens is 2. The van der Waals surface area contributed by atoms with Crippen LogP contribution >= 0.6 is 0 Å². The highest BCUT2D eigenvalue weighted by Gasteiger charge is 2.40. The van der Waals surface area contributed by atoms with Gasteiger partial charge in [-0.25, -0.2) is 18.1 Å². The number of ether oxygens (including phenoxy) is 1. The van der Waals surface area contributed by atoms with E-state index in [0.717, 1.165) is 38.1 Å². The van der Waals surface area contributed by atoms with Crippen molar-refractivity contribution in [1.82, 2.24) is 14.3 Å². The fraction of sp³-hybridized carbons (Fsp3) is 0.786. The zero-order valence-electron chi connectivity index (χ0n) is 12.4. The Bertz CT molecular complexity index is 574. The first kappa shape index (κ1) is 15.0. The van der Waals surface area contributed by atoms with E-state index >= 15 is 0 Å². The Morgan fingerprint density at radius 2 is 2.10 bits per heavy atom. The van der Waals surface area contributed by atoms with Crippen LogP contribution in [0.3, 0.4) is 0 Å². The Morgan fingerprint density at radius 1 is 1.38 bits per heavy atom. The molecule has 1 aliphatic heterocycles. The van der Waals surface area contributed by atoms with Crippen LogP contribution in [0, 0.1) is 5.92 Å². The van der Waals surface area contributed by atoms with E-state index in [1.165, 1.54) is 0 Å². The van der Waals surface area contributed by atoms with Crippen molar-refractivity contribution < 1.29 is 13.2 Å². The maximum absolute atomic E-state index is 12.4. The lowest BCUT2D eigenvalue weighted by molar-refractivity contribution is 0.0550. The third-order valence-electron chi connectivity index (χ3n) is 4.36. The minimum atomic E-state index is -3.23. The van der Waals surface area contributed by atoms with E-state index < -0.39 is 10.0 Å². The van der Waals surface area contributed by atoms with Crippen LogP contribution in [0.4, 0.5) is 0 Å². The molecule has 0 amide bonds. The Labute approximate surface area is 125 Å². The Balaban J connectivity index is 1.86. The van der Waals surface area contributed by atoms with Gasteiger partial charge in [0, 0.05) is 32.2 Å². The molecule has 1 aromatic rings. The lowest BCUT2D eigenvalue weighted by atomic mass is 9.92. The van der Waals surface area contributed by atoms with Gasteiger partial charge in [0.2, 0.25) is 10.0 Å². The first-order valence-electron chi connectivity index (χ1n) is 7.71. The van der Waals surface area contributed by atoms with Crippen LogP contribution in [-0.2, 0) is 21.3 Å². The molecule has 2 aliphatic rings. The standard InChI is InChI=1S/C14H23N3O3S/c1-2-17-8-7-15-14(17)13(11-5-9-20-10-6-11)16-21(18,19)12-3-4-12/h7-8,11-13,16H,2-6,9-10H2,1H3/t13-/m0/s1. The highest BCUT2D eigenvalue weighted by molar-refractivity contribution is 7.90. The summed E-state index contributed by atoms with van der Waals surface area (Å²) in [4.78, 5) is 4.42. The van der Waals surface area contributed by atoms with Gasteiger partial charge in [0.1, 0.15) is 5.82 Å². The van der Waals surface area contributed by atoms with E-state index in [1.807, 2.05) is 17.7 Å². The average molecular weight is 313 g/mol. The van der Waals surface area contributed by atoms with Crippen molar-refractivity contribution in [3.8, 4) is 0 Å². The molecule has 6 nitrogen and oxygen atoms in total. The van der Waals surface area contributed by atoms with Crippen LogP contribution in [0.25, 0.3) is 0 Å². The molecule has 2 heterocycles. The van der Waals surface area contributed by atoms with Crippen molar-refractivity contribution >= 4 is 10.0 Å². The van der Waals surface area contributed by atoms with Gasteiger partial charge in [-0.05, 0) is 38.5 Å². The van der Waals surface area contributed by atoms with Crippen molar-refractivity contribution in [2.24, 2.45) is 5.92 Å². The fourth-order valence-electron chi connectivity index (χ4n) is 2.93. The zero-order valence-corrected chi connectivity index (χ0v) is 13.2. The number of aryl methyl sites for hydroxylation is 1. The van der Waals surface area contributed by atoms with Crippen LogP contribution in [-0.4, -0.2) is 36.4 Å². The first-order chi connectivity index (χ1) is 10.1. The third-order valence-corrected chi connectivity index (χ3v) is 6.29. The summed E-state index contributed by atoms with van der Waals surface area (Å²) in [6.45, 7) is 4.22. The van der Waals surface area contributed by atoms with Crippen LogP contribution in [0.2, 0.25) is 0 Å². The lowest BCUT2D eigenvalue weighted by Crippen LogP contribution is -2.39. The molecule has 1 N–H and O–H groups in total. The highest BCUT2D eigenvalue weighted by Crippen LogP contribution is 2.34. The zero-order chi connectivity index (χ0) is 14.9. The number of rotatable bonds is 6. The second-order valence-corrected chi connectivity index (χ2v) is 7.85. The molecule has 1 aliphatic carbocycles. The predicted octanol–water partition coefficient (Wildman–Crippen LogP) is 1.45. The summed E-state index contributed by atoms with van der Waals surface area (Å²) in [6.07, 6.45) is 6.95. The number of imidazole rings is 1. The van der Waals surface area contributed by atoms with E-state index in [0.29, 0.717) is 13.2 Å². The normalized spacial score (nSPS) is 22.3. The van der Waals surface area contributed by atoms with Crippen molar-refractivity contribution in [2.45, 2.75) is 50.4 Å². The highest BCUT2D eigenvalue weighted by atomic mass is 32.2. The monoisotopic (exact) mass is 313 g/mol. The Morgan fingerprint density at radius 3 is 2.71 bits per heavy atom. The molecule has 1 saturated carbocycles. The molecule has 1 atom stereocenters. The SMILES string of the molecule is CCn1ccnc1[C@@H](NS(=O)(=O)C1CC1)C1CCOCC1. The summed E-state index contributed by atoms with van der Waals surface area (Å²) >= 11 is 0. The van der Waals surface area contributed by atoms with E-state index in [-0.39, 0.29) is 17.2 Å². The quantitative estimate of drug-likeness (QED) is 0.863. The molecule has 7 heteroatoms. The van der Waals surface area contributed by atoms with Crippen LogP contribution in [0.15, 0.2) is 12.4 Å². The van der Waals surface area contributed by atoms with Crippen LogP contribution < -0.4 is 4.72 Å². The smallest absolute Gasteiger partial charge is 0.215 e. The average Bonchev–Trinajstić information content (AvgIpc) is 3.25. The van der Waals surface area contributed by atoms with Gasteiger partial charge in [-0.1, -0.05) is 0 Å². The van der Waals surface area contributed by atoms with Gasteiger partial charge in [-0.15, -0.1) is 0 Å². The second-order valence-electron chi connectivity index (χ2n) is 5.86. The molecule has 1 saturated heterocycles. The summed E-state index contributed by atoms with van der Waals surface area (Å²) in [5, 5.41) is -0.204. The van der Waals surface area contributed by atoms with Gasteiger partial charge in [-0.3, -0.25) is 0 Å². The Hall–Kier alpha value is -0.920. The number of hydrogen-bond acceptors (Lipinski definition) is 4. The maximum Gasteiger partial charge on any atom is 0.215 e. The summed E-state index contributed by atoms with van der Waals surface area (Å²) < 4.78 is 35.1. The number of nitrogens with zero attached hydrogens (tertiary/aromatic N) is 2. The molecule has 0 aromatic carbocycles. The third kappa shape index (κ3) is 3.30. The molecule has 0 bridgehead atoms. The minimum absolute atomic E-state index is 0.204. The van der Waals surface area contributed by atoms with Crippen LogP contribution in [0.1, 0.15) is 44.5 Å². The molecular formula is C14H23N3O3S. The summed E-state index contributed by atoms with van der Waals surface area (Å²) in [7, 11) is -3.23. The van der Waals surface area contributed by atoms with Crippen molar-refractivity contribution in [1.29, 1.82) is 0 Å². The molecule has 118 valence electrons. The fourth-order valence-corrected chi connectivity index (χ4v) is 4.53. The molecule has 0 radical (unpaired) electrons. The van der Waals surface area contributed by atoms with Gasteiger partial charge in [0.05, 0.1) is 11.3 Å². The number of sulfonamides is 1. The largest absolute Gasteiger partial charge is 0.381 e. The summed E-state index contributed by atoms with van der Waals surface area (Å²) in [5.41, 5.74) is 0. The van der Waals surface area contributed by atoms with Crippen molar-refractivity contribution in [3.63, 3.8) is 0 Å². The summed E-state index contributed by atoms with van der Waals surface area (Å²) in [6, 6.07) is -0.241. The number of nitrogens with one attached hydrogen (secondary N) is 1. The predicted molar refractivity (Wildman–Crippen MR) is 79.3 cm³/mol. The topological polar surface area (TPSA) is 73.2 Å². The molecule has 21 heavy (non-hydrogen) atoms. The van der Waals surface area contributed by atoms with Gasteiger partial charge in [-0.2, -0.15) is 0 Å². The molecule has 3 rings (SSSR count). The molecule has 0 spiro atoms. The van der Waals surface area contributed by atoms with Gasteiger partial charge in [0.15, 0.2) is 0 Å². The number of hydrogen-bond donors (Lipinski definition) is 1. The van der Waals surface area contributed by atoms with Crippen molar-refractivity contribution in [2.75, 3.05) is 13.2 Å². The molecule has 0 unspecified atom stereocenters. The van der Waals surface area contributed by atoms with E-state index in [1.54, 1.807) is 6.20 Å². The second kappa shape index (κ2) is 6.06.